The van der Waals surface area contributed by atoms with Gasteiger partial charge in [0.2, 0.25) is 0 Å². The monoisotopic (exact) mass is 975 g/mol. The summed E-state index contributed by atoms with van der Waals surface area (Å²) in [4.78, 5) is 38.3. The molecule has 69 heavy (non-hydrogen) atoms. The summed E-state index contributed by atoms with van der Waals surface area (Å²) in [6.45, 7) is 9.09. The third-order valence-corrected chi connectivity index (χ3v) is 14.5. The molecule has 0 spiro atoms. The van der Waals surface area contributed by atoms with Gasteiger partial charge in [0.1, 0.15) is 13.2 Å². The van der Waals surface area contributed by atoms with Gasteiger partial charge in [-0.25, -0.2) is 0 Å². The van der Waals surface area contributed by atoms with Crippen molar-refractivity contribution in [2.45, 2.75) is 368 Å². The molecular weight excluding hydrogens is 853 g/mol. The summed E-state index contributed by atoms with van der Waals surface area (Å²) in [5.41, 5.74) is 0. The Morgan fingerprint density at radius 2 is 0.478 bits per heavy atom. The molecule has 6 heteroatoms. The van der Waals surface area contributed by atoms with Crippen molar-refractivity contribution >= 4 is 17.9 Å². The van der Waals surface area contributed by atoms with Crippen LogP contribution in [0.25, 0.3) is 0 Å². The van der Waals surface area contributed by atoms with E-state index in [-0.39, 0.29) is 31.1 Å². The van der Waals surface area contributed by atoms with Gasteiger partial charge in [0.25, 0.3) is 0 Å². The van der Waals surface area contributed by atoms with Crippen LogP contribution in [-0.4, -0.2) is 37.2 Å². The van der Waals surface area contributed by atoms with Crippen LogP contribution in [0.5, 0.6) is 0 Å². The standard InChI is InChI=1S/C63H122O6/c1-5-7-9-11-13-15-17-19-21-22-23-24-26-31-35-39-43-47-51-55-62(65)68-58-60(57-67-61(64)54-50-46-42-38-34-30-25-20-18-16-14-12-10-8-6-2)69-63(66)56-52-48-44-40-36-32-28-27-29-33-37-41-45-49-53-59(3)4/h59-60H,5-58H2,1-4H3/t60-/m0/s1. The van der Waals surface area contributed by atoms with Crippen LogP contribution in [-0.2, 0) is 28.6 Å². The van der Waals surface area contributed by atoms with Gasteiger partial charge in [0, 0.05) is 19.3 Å². The number of ether oxygens (including phenoxy) is 3. The van der Waals surface area contributed by atoms with E-state index in [1.165, 1.54) is 257 Å². The predicted molar refractivity (Wildman–Crippen MR) is 298 cm³/mol. The number of unbranched alkanes of at least 4 members (excludes halogenated alkanes) is 45. The van der Waals surface area contributed by atoms with E-state index in [1.807, 2.05) is 0 Å². The fourth-order valence-corrected chi connectivity index (χ4v) is 9.81. The van der Waals surface area contributed by atoms with Crippen molar-refractivity contribution in [1.29, 1.82) is 0 Å². The average Bonchev–Trinajstić information content (AvgIpc) is 3.34. The second-order valence-electron chi connectivity index (χ2n) is 22.2. The van der Waals surface area contributed by atoms with Gasteiger partial charge in [-0.2, -0.15) is 0 Å². The number of carbonyl (C=O) groups excluding carboxylic acids is 3. The summed E-state index contributed by atoms with van der Waals surface area (Å²) in [5, 5.41) is 0. The van der Waals surface area contributed by atoms with Gasteiger partial charge in [0.05, 0.1) is 0 Å². The summed E-state index contributed by atoms with van der Waals surface area (Å²) in [6, 6.07) is 0. The van der Waals surface area contributed by atoms with E-state index in [2.05, 4.69) is 27.7 Å². The van der Waals surface area contributed by atoms with Gasteiger partial charge in [-0.15, -0.1) is 0 Å². The molecule has 0 N–H and O–H groups in total. The third-order valence-electron chi connectivity index (χ3n) is 14.5. The van der Waals surface area contributed by atoms with E-state index in [9.17, 15) is 14.4 Å². The number of rotatable bonds is 58. The molecule has 0 radical (unpaired) electrons. The lowest BCUT2D eigenvalue weighted by atomic mass is 10.0. The quantitative estimate of drug-likeness (QED) is 0.0343. The van der Waals surface area contributed by atoms with Gasteiger partial charge < -0.3 is 14.2 Å². The molecule has 0 aromatic heterocycles. The molecule has 0 saturated heterocycles. The molecule has 0 aliphatic carbocycles. The molecule has 410 valence electrons. The van der Waals surface area contributed by atoms with Crippen molar-refractivity contribution in [1.82, 2.24) is 0 Å². The molecule has 0 aliphatic rings. The normalized spacial score (nSPS) is 12.0. The molecule has 0 saturated carbocycles. The predicted octanol–water partition coefficient (Wildman–Crippen LogP) is 21.0. The van der Waals surface area contributed by atoms with Gasteiger partial charge >= 0.3 is 17.9 Å². The molecule has 0 heterocycles. The Labute approximate surface area is 431 Å². The Hall–Kier alpha value is -1.59. The van der Waals surface area contributed by atoms with Gasteiger partial charge in [-0.1, -0.05) is 323 Å². The molecule has 0 aromatic carbocycles. The first-order chi connectivity index (χ1) is 33.9. The van der Waals surface area contributed by atoms with Crippen molar-refractivity contribution in [3.63, 3.8) is 0 Å². The largest absolute Gasteiger partial charge is 0.462 e. The Balaban J connectivity index is 4.28. The molecule has 0 rings (SSSR count). The molecular formula is C63H122O6. The first kappa shape index (κ1) is 67.4. The minimum Gasteiger partial charge on any atom is -0.462 e. The molecule has 0 fully saturated rings. The van der Waals surface area contributed by atoms with Crippen LogP contribution in [0.4, 0.5) is 0 Å². The number of carbonyl (C=O) groups is 3. The van der Waals surface area contributed by atoms with Crippen molar-refractivity contribution in [2.75, 3.05) is 13.2 Å². The maximum absolute atomic E-state index is 12.9. The molecule has 0 aliphatic heterocycles. The van der Waals surface area contributed by atoms with E-state index in [4.69, 9.17) is 14.2 Å². The van der Waals surface area contributed by atoms with E-state index in [1.54, 1.807) is 0 Å². The molecule has 1 atom stereocenters. The van der Waals surface area contributed by atoms with E-state index < -0.39 is 6.10 Å². The minimum absolute atomic E-state index is 0.0613. The van der Waals surface area contributed by atoms with E-state index in [0.717, 1.165) is 63.7 Å². The SMILES string of the molecule is CCCCCCCCCCCCCCCCCCCCCC(=O)OC[C@H](COC(=O)CCCCCCCCCCCCCCCCC)OC(=O)CCCCCCCCCCCCCCCCC(C)C. The lowest BCUT2D eigenvalue weighted by Gasteiger charge is -2.18. The van der Waals surface area contributed by atoms with Crippen LogP contribution in [0, 0.1) is 5.92 Å². The van der Waals surface area contributed by atoms with Crippen molar-refractivity contribution in [2.24, 2.45) is 5.92 Å². The molecule has 6 nitrogen and oxygen atoms in total. The van der Waals surface area contributed by atoms with Gasteiger partial charge in [-0.05, 0) is 25.2 Å². The first-order valence-corrected chi connectivity index (χ1v) is 31.4. The highest BCUT2D eigenvalue weighted by molar-refractivity contribution is 5.71. The summed E-state index contributed by atoms with van der Waals surface area (Å²) >= 11 is 0. The fraction of sp³-hybridized carbons (Fsp3) is 0.952. The number of hydrogen-bond acceptors (Lipinski definition) is 6. The smallest absolute Gasteiger partial charge is 0.306 e. The van der Waals surface area contributed by atoms with Crippen LogP contribution in [0.2, 0.25) is 0 Å². The van der Waals surface area contributed by atoms with Crippen molar-refractivity contribution in [3.8, 4) is 0 Å². The second-order valence-corrected chi connectivity index (χ2v) is 22.2. The highest BCUT2D eigenvalue weighted by Gasteiger charge is 2.19. The zero-order chi connectivity index (χ0) is 50.2. The van der Waals surface area contributed by atoms with Gasteiger partial charge in [0.15, 0.2) is 6.10 Å². The van der Waals surface area contributed by atoms with Crippen LogP contribution in [0.15, 0.2) is 0 Å². The Morgan fingerprint density at radius 1 is 0.275 bits per heavy atom. The maximum atomic E-state index is 12.9. The summed E-state index contributed by atoms with van der Waals surface area (Å²) < 4.78 is 16.9. The highest BCUT2D eigenvalue weighted by atomic mass is 16.6. The van der Waals surface area contributed by atoms with E-state index >= 15 is 0 Å². The minimum atomic E-state index is -0.763. The molecule has 0 amide bonds. The topological polar surface area (TPSA) is 78.9 Å². The molecule has 0 unspecified atom stereocenters. The van der Waals surface area contributed by atoms with Crippen LogP contribution >= 0.6 is 0 Å². The zero-order valence-corrected chi connectivity index (χ0v) is 47.3. The fourth-order valence-electron chi connectivity index (χ4n) is 9.81. The number of hydrogen-bond donors (Lipinski definition) is 0. The lowest BCUT2D eigenvalue weighted by Crippen LogP contribution is -2.30. The zero-order valence-electron chi connectivity index (χ0n) is 47.3. The van der Waals surface area contributed by atoms with Crippen molar-refractivity contribution < 1.29 is 28.6 Å². The van der Waals surface area contributed by atoms with Crippen LogP contribution in [0.1, 0.15) is 362 Å². The van der Waals surface area contributed by atoms with Crippen molar-refractivity contribution in [3.05, 3.63) is 0 Å². The summed E-state index contributed by atoms with van der Waals surface area (Å²) in [7, 11) is 0. The Kier molecular flexibility index (Phi) is 56.0. The molecule has 0 aromatic rings. The Bertz CT molecular complexity index is 1040. The average molecular weight is 976 g/mol. The lowest BCUT2D eigenvalue weighted by molar-refractivity contribution is -0.167. The van der Waals surface area contributed by atoms with Crippen LogP contribution < -0.4 is 0 Å². The second kappa shape index (κ2) is 57.3. The van der Waals surface area contributed by atoms with E-state index in [0.29, 0.717) is 19.3 Å². The summed E-state index contributed by atoms with van der Waals surface area (Å²) in [5.74, 6) is 0.0145. The first-order valence-electron chi connectivity index (χ1n) is 31.4. The third kappa shape index (κ3) is 57.2. The Morgan fingerprint density at radius 3 is 0.710 bits per heavy atom. The maximum Gasteiger partial charge on any atom is 0.306 e. The van der Waals surface area contributed by atoms with Crippen LogP contribution in [0.3, 0.4) is 0 Å². The highest BCUT2D eigenvalue weighted by Crippen LogP contribution is 2.19. The number of esters is 3. The molecule has 0 bridgehead atoms. The van der Waals surface area contributed by atoms with Gasteiger partial charge in [-0.3, -0.25) is 14.4 Å². The summed E-state index contributed by atoms with van der Waals surface area (Å²) in [6.07, 6.45) is 63.9.